The molecule has 4 heterocycles. The molecule has 6 rings (SSSR count). The van der Waals surface area contributed by atoms with E-state index in [2.05, 4.69) is 9.97 Å². The van der Waals surface area contributed by atoms with E-state index < -0.39 is 5.82 Å². The summed E-state index contributed by atoms with van der Waals surface area (Å²) >= 11 is 0. The van der Waals surface area contributed by atoms with E-state index in [4.69, 9.17) is 15.2 Å². The number of hydrogen-bond donors (Lipinski definition) is 1. The number of imidazole rings is 1. The van der Waals surface area contributed by atoms with Gasteiger partial charge in [-0.1, -0.05) is 6.07 Å². The number of anilines is 1. The van der Waals surface area contributed by atoms with Gasteiger partial charge in [-0.25, -0.2) is 14.4 Å². The fourth-order valence-corrected chi connectivity index (χ4v) is 5.07. The van der Waals surface area contributed by atoms with E-state index in [1.54, 1.807) is 28.9 Å². The molecule has 0 aliphatic carbocycles. The first kappa shape index (κ1) is 19.9. The molecule has 2 aromatic carbocycles. The summed E-state index contributed by atoms with van der Waals surface area (Å²) in [5.41, 5.74) is 9.51. The topological polar surface area (TPSA) is 95.0 Å². The van der Waals surface area contributed by atoms with Crippen molar-refractivity contribution in [1.82, 2.24) is 19.3 Å². The highest BCUT2D eigenvalue weighted by molar-refractivity contribution is 5.99. The second kappa shape index (κ2) is 7.41. The number of nitrogens with zero attached hydrogens (tertiary/aromatic N) is 4. The Labute approximate surface area is 188 Å². The van der Waals surface area contributed by atoms with Crippen LogP contribution in [0.2, 0.25) is 0 Å². The smallest absolute Gasteiger partial charge is 0.257 e. The predicted molar refractivity (Wildman–Crippen MR) is 119 cm³/mol. The fraction of sp³-hybridized carbons (Fsp3) is 0.292. The third kappa shape index (κ3) is 3.03. The minimum Gasteiger partial charge on any atom is -0.497 e. The number of methoxy groups -OCH3 is 1. The number of benzene rings is 2. The Bertz CT molecular complexity index is 1420. The predicted octanol–water partition coefficient (Wildman–Crippen LogP) is 3.49. The van der Waals surface area contributed by atoms with Gasteiger partial charge in [-0.15, -0.1) is 0 Å². The molecule has 2 aliphatic heterocycles. The first-order valence-corrected chi connectivity index (χ1v) is 10.9. The lowest BCUT2D eigenvalue weighted by Gasteiger charge is -2.44. The van der Waals surface area contributed by atoms with Gasteiger partial charge < -0.3 is 20.1 Å². The van der Waals surface area contributed by atoms with Crippen LogP contribution in [-0.4, -0.2) is 44.9 Å². The number of halogens is 1. The minimum absolute atomic E-state index is 0.00893. The molecule has 0 unspecified atom stereocenters. The van der Waals surface area contributed by atoms with Crippen LogP contribution < -0.4 is 10.5 Å². The molecule has 4 aromatic rings. The zero-order valence-electron chi connectivity index (χ0n) is 18.0. The third-order valence-corrected chi connectivity index (χ3v) is 6.65. The average molecular weight is 447 g/mol. The first-order chi connectivity index (χ1) is 16.0. The van der Waals surface area contributed by atoms with Crippen molar-refractivity contribution in [1.29, 1.82) is 0 Å². The van der Waals surface area contributed by atoms with Crippen molar-refractivity contribution in [3.8, 4) is 5.75 Å². The number of hydrogen-bond acceptors (Lipinski definition) is 6. The molecule has 0 spiro atoms. The lowest BCUT2D eigenvalue weighted by Crippen LogP contribution is -2.48. The van der Waals surface area contributed by atoms with Crippen LogP contribution in [0.25, 0.3) is 16.6 Å². The summed E-state index contributed by atoms with van der Waals surface area (Å²) in [7, 11) is 1.62. The average Bonchev–Trinajstić information content (AvgIpc) is 3.33. The van der Waals surface area contributed by atoms with Crippen LogP contribution in [0.15, 0.2) is 42.9 Å². The van der Waals surface area contributed by atoms with Crippen LogP contribution in [-0.2, 0) is 11.3 Å². The van der Waals surface area contributed by atoms with Crippen molar-refractivity contribution in [2.45, 2.75) is 31.6 Å². The quantitative estimate of drug-likeness (QED) is 0.506. The molecule has 0 bridgehead atoms. The molecule has 0 saturated carbocycles. The van der Waals surface area contributed by atoms with Crippen LogP contribution >= 0.6 is 0 Å². The highest BCUT2D eigenvalue weighted by Gasteiger charge is 2.40. The van der Waals surface area contributed by atoms with Crippen LogP contribution in [0, 0.1) is 5.82 Å². The fourth-order valence-electron chi connectivity index (χ4n) is 5.07. The monoisotopic (exact) mass is 447 g/mol. The molecule has 8 nitrogen and oxygen atoms in total. The number of carbonyl (C=O) groups is 1. The summed E-state index contributed by atoms with van der Waals surface area (Å²) in [5.74, 6) is -0.0148. The molecule has 1 amide bonds. The van der Waals surface area contributed by atoms with E-state index in [1.807, 2.05) is 18.2 Å². The lowest BCUT2D eigenvalue weighted by atomic mass is 9.87. The summed E-state index contributed by atoms with van der Waals surface area (Å²) in [6.07, 6.45) is 4.68. The molecule has 2 aromatic heterocycles. The lowest BCUT2D eigenvalue weighted by molar-refractivity contribution is -0.0572. The van der Waals surface area contributed by atoms with Crippen LogP contribution in [0.5, 0.6) is 5.75 Å². The largest absolute Gasteiger partial charge is 0.497 e. The Balaban J connectivity index is 1.45. The van der Waals surface area contributed by atoms with E-state index in [0.29, 0.717) is 29.7 Å². The summed E-state index contributed by atoms with van der Waals surface area (Å²) in [6, 6.07) is 8.32. The number of likely N-dealkylation sites (tertiary alicyclic amines) is 1. The number of rotatable bonds is 2. The molecule has 2 atom stereocenters. The van der Waals surface area contributed by atoms with Crippen molar-refractivity contribution in [3.63, 3.8) is 0 Å². The van der Waals surface area contributed by atoms with E-state index >= 15 is 4.39 Å². The van der Waals surface area contributed by atoms with Crippen LogP contribution in [0.3, 0.4) is 0 Å². The highest BCUT2D eigenvalue weighted by Crippen LogP contribution is 2.41. The molecule has 0 radical (unpaired) electrons. The molecule has 1 saturated heterocycles. The van der Waals surface area contributed by atoms with Gasteiger partial charge in [-0.3, -0.25) is 9.20 Å². The van der Waals surface area contributed by atoms with Crippen LogP contribution in [0.4, 0.5) is 10.2 Å². The molecule has 9 heteroatoms. The van der Waals surface area contributed by atoms with Gasteiger partial charge in [0.2, 0.25) is 0 Å². The maximum atomic E-state index is 15.2. The molecular weight excluding hydrogens is 425 g/mol. The summed E-state index contributed by atoms with van der Waals surface area (Å²) in [5, 5.41) is 0. The highest BCUT2D eigenvalue weighted by atomic mass is 19.1. The summed E-state index contributed by atoms with van der Waals surface area (Å²) in [6.45, 7) is 0.985. The molecule has 33 heavy (non-hydrogen) atoms. The molecule has 2 N–H and O–H groups in total. The van der Waals surface area contributed by atoms with Gasteiger partial charge in [0.25, 0.3) is 5.91 Å². The number of carbonyl (C=O) groups excluding carboxylic acids is 1. The number of ether oxygens (including phenoxy) is 2. The molecule has 2 aliphatic rings. The van der Waals surface area contributed by atoms with Gasteiger partial charge in [-0.2, -0.15) is 0 Å². The molecule has 168 valence electrons. The number of piperidine rings is 1. The van der Waals surface area contributed by atoms with E-state index in [0.717, 1.165) is 29.7 Å². The first-order valence-electron chi connectivity index (χ1n) is 10.9. The van der Waals surface area contributed by atoms with Crippen molar-refractivity contribution in [2.24, 2.45) is 0 Å². The van der Waals surface area contributed by atoms with Crippen molar-refractivity contribution in [2.75, 3.05) is 19.4 Å². The number of amides is 1. The summed E-state index contributed by atoms with van der Waals surface area (Å²) in [4.78, 5) is 23.9. The number of nitrogen functional groups attached to an aromatic ring is 1. The maximum Gasteiger partial charge on any atom is 0.257 e. The number of aromatic nitrogens is 3. The Morgan fingerprint density at radius 3 is 3.00 bits per heavy atom. The van der Waals surface area contributed by atoms with Gasteiger partial charge in [-0.05, 0) is 42.2 Å². The van der Waals surface area contributed by atoms with E-state index in [9.17, 15) is 4.79 Å². The number of nitrogens with two attached hydrogens (primary N) is 1. The zero-order chi connectivity index (χ0) is 22.7. The standard InChI is InChI=1S/C24H22FN5O3/c1-32-14-4-5-15-13(7-14)11-33-21-3-2-6-29(22(15)21)24(31)16-8-19-18(9-17(16)25)28-23(26)20-10-27-12-30(19)20/h4-5,7-10,12,21-22H,2-3,6,11H2,1H3,(H2,26,28)/t21-,22-/m0/s1. The second-order valence-corrected chi connectivity index (χ2v) is 8.47. The van der Waals surface area contributed by atoms with Crippen molar-refractivity contribution < 1.29 is 18.7 Å². The Hall–Kier alpha value is -3.72. The number of fused-ring (bicyclic) bond motifs is 6. The van der Waals surface area contributed by atoms with Gasteiger partial charge in [0.05, 0.1) is 55.0 Å². The third-order valence-electron chi connectivity index (χ3n) is 6.65. The second-order valence-electron chi connectivity index (χ2n) is 8.47. The minimum atomic E-state index is -0.632. The van der Waals surface area contributed by atoms with E-state index in [-0.39, 0.29) is 29.4 Å². The molecular formula is C24H22FN5O3. The van der Waals surface area contributed by atoms with Crippen molar-refractivity contribution >= 4 is 28.3 Å². The SMILES string of the molecule is COc1ccc2c(c1)CO[C@H]1CCCN(C(=O)c3cc4c(cc3F)nc(N)c3cncn34)[C@@H]21. The van der Waals surface area contributed by atoms with E-state index in [1.165, 1.54) is 12.1 Å². The van der Waals surface area contributed by atoms with Gasteiger partial charge in [0.15, 0.2) is 0 Å². The zero-order valence-corrected chi connectivity index (χ0v) is 18.0. The van der Waals surface area contributed by atoms with Crippen molar-refractivity contribution in [3.05, 3.63) is 65.4 Å². The maximum absolute atomic E-state index is 15.2. The molecule has 1 fully saturated rings. The summed E-state index contributed by atoms with van der Waals surface area (Å²) < 4.78 is 28.4. The van der Waals surface area contributed by atoms with Crippen LogP contribution in [0.1, 0.15) is 40.4 Å². The van der Waals surface area contributed by atoms with Gasteiger partial charge >= 0.3 is 0 Å². The van der Waals surface area contributed by atoms with Gasteiger partial charge in [0, 0.05) is 12.6 Å². The Kier molecular flexibility index (Phi) is 4.48. The van der Waals surface area contributed by atoms with Gasteiger partial charge in [0.1, 0.15) is 22.9 Å². The Morgan fingerprint density at radius 2 is 2.15 bits per heavy atom. The Morgan fingerprint density at radius 1 is 1.27 bits per heavy atom. The normalized spacial score (nSPS) is 20.0.